The second-order valence-corrected chi connectivity index (χ2v) is 3.06. The minimum absolute atomic E-state index is 0.143. The van der Waals surface area contributed by atoms with Crippen molar-refractivity contribution in [2.45, 2.75) is 6.92 Å². The van der Waals surface area contributed by atoms with Gasteiger partial charge in [0.2, 0.25) is 0 Å². The molecule has 0 aliphatic heterocycles. The van der Waals surface area contributed by atoms with Crippen LogP contribution in [0.2, 0.25) is 0 Å². The number of fused-ring (bicyclic) bond motifs is 1. The largest absolute Gasteiger partial charge is 0.447 e. The van der Waals surface area contributed by atoms with E-state index in [1.54, 1.807) is 0 Å². The number of aliphatic hydroxyl groups is 1. The molecule has 14 heavy (non-hydrogen) atoms. The predicted molar refractivity (Wildman–Crippen MR) is 54.9 cm³/mol. The summed E-state index contributed by atoms with van der Waals surface area (Å²) in [5.74, 6) is 5.90. The Labute approximate surface area is 82.2 Å². The Morgan fingerprint density at radius 3 is 3.00 bits per heavy atom. The highest BCUT2D eigenvalue weighted by atomic mass is 16.3. The molecule has 2 rings (SSSR count). The highest BCUT2D eigenvalue weighted by Crippen LogP contribution is 2.21. The minimum atomic E-state index is -0.143. The van der Waals surface area contributed by atoms with E-state index in [0.717, 1.165) is 16.5 Å². The maximum atomic E-state index is 8.54. The zero-order chi connectivity index (χ0) is 9.97. The molecule has 0 spiro atoms. The number of hydrogen-bond donors (Lipinski definition) is 1. The Hall–Kier alpha value is -1.72. The molecule has 1 aromatic carbocycles. The molecule has 0 aliphatic rings. The van der Waals surface area contributed by atoms with Gasteiger partial charge in [-0.3, -0.25) is 0 Å². The molecule has 0 atom stereocenters. The Bertz CT molecular complexity index is 512. The summed E-state index contributed by atoms with van der Waals surface area (Å²) in [6.07, 6.45) is 0. The maximum absolute atomic E-state index is 8.54. The monoisotopic (exact) mass is 186 g/mol. The molecule has 0 saturated heterocycles. The summed E-state index contributed by atoms with van der Waals surface area (Å²) in [4.78, 5) is 0. The van der Waals surface area contributed by atoms with Crippen LogP contribution in [-0.2, 0) is 0 Å². The standard InChI is InChI=1S/C12H10O2/c1-9-4-2-5-10-8-11(6-3-7-13)14-12(9)10/h2,4-5,8,13H,7H2,1H3. The van der Waals surface area contributed by atoms with Crippen molar-refractivity contribution in [2.75, 3.05) is 6.61 Å². The Kier molecular flexibility index (Phi) is 2.26. The third kappa shape index (κ3) is 1.50. The molecule has 1 aromatic heterocycles. The summed E-state index contributed by atoms with van der Waals surface area (Å²) < 4.78 is 5.52. The van der Waals surface area contributed by atoms with Crippen LogP contribution in [-0.4, -0.2) is 11.7 Å². The Morgan fingerprint density at radius 1 is 1.43 bits per heavy atom. The SMILES string of the molecule is Cc1cccc2cc(C#CCO)oc12. The molecule has 0 amide bonds. The summed E-state index contributed by atoms with van der Waals surface area (Å²) in [6.45, 7) is 1.85. The lowest BCUT2D eigenvalue weighted by molar-refractivity contribution is 0.350. The molecule has 2 aromatic rings. The van der Waals surface area contributed by atoms with Gasteiger partial charge in [0.1, 0.15) is 12.2 Å². The highest BCUT2D eigenvalue weighted by molar-refractivity contribution is 5.81. The molecule has 0 saturated carbocycles. The van der Waals surface area contributed by atoms with Gasteiger partial charge in [-0.15, -0.1) is 0 Å². The van der Waals surface area contributed by atoms with Crippen molar-refractivity contribution >= 4 is 11.0 Å². The first-order valence-corrected chi connectivity index (χ1v) is 4.40. The smallest absolute Gasteiger partial charge is 0.178 e. The van der Waals surface area contributed by atoms with Crippen molar-refractivity contribution in [3.05, 3.63) is 35.6 Å². The van der Waals surface area contributed by atoms with Crippen molar-refractivity contribution in [3.8, 4) is 11.8 Å². The van der Waals surface area contributed by atoms with Crippen LogP contribution in [0.25, 0.3) is 11.0 Å². The molecule has 0 radical (unpaired) electrons. The van der Waals surface area contributed by atoms with Crippen LogP contribution in [0.15, 0.2) is 28.7 Å². The van der Waals surface area contributed by atoms with Crippen LogP contribution in [0.4, 0.5) is 0 Å². The lowest BCUT2D eigenvalue weighted by Gasteiger charge is -1.90. The second-order valence-electron chi connectivity index (χ2n) is 3.06. The van der Waals surface area contributed by atoms with Crippen molar-refractivity contribution in [1.82, 2.24) is 0 Å². The van der Waals surface area contributed by atoms with Crippen LogP contribution < -0.4 is 0 Å². The van der Waals surface area contributed by atoms with Gasteiger partial charge in [-0.2, -0.15) is 0 Å². The van der Waals surface area contributed by atoms with Crippen molar-refractivity contribution in [2.24, 2.45) is 0 Å². The molecular formula is C12H10O2. The van der Waals surface area contributed by atoms with E-state index in [4.69, 9.17) is 9.52 Å². The fourth-order valence-corrected chi connectivity index (χ4v) is 1.40. The maximum Gasteiger partial charge on any atom is 0.178 e. The number of hydrogen-bond acceptors (Lipinski definition) is 2. The van der Waals surface area contributed by atoms with Gasteiger partial charge in [0, 0.05) is 11.5 Å². The zero-order valence-electron chi connectivity index (χ0n) is 7.87. The second kappa shape index (κ2) is 3.57. The number of para-hydroxylation sites is 1. The van der Waals surface area contributed by atoms with Gasteiger partial charge in [-0.05, 0) is 18.4 Å². The first-order valence-electron chi connectivity index (χ1n) is 4.40. The Morgan fingerprint density at radius 2 is 2.29 bits per heavy atom. The van der Waals surface area contributed by atoms with Crippen LogP contribution >= 0.6 is 0 Å². The van der Waals surface area contributed by atoms with E-state index < -0.39 is 0 Å². The van der Waals surface area contributed by atoms with E-state index >= 15 is 0 Å². The Balaban J connectivity index is 2.57. The number of furan rings is 1. The van der Waals surface area contributed by atoms with Crippen molar-refractivity contribution in [1.29, 1.82) is 0 Å². The first-order chi connectivity index (χ1) is 6.81. The summed E-state index contributed by atoms with van der Waals surface area (Å²) in [5.41, 5.74) is 1.97. The molecule has 1 heterocycles. The summed E-state index contributed by atoms with van der Waals surface area (Å²) in [7, 11) is 0. The van der Waals surface area contributed by atoms with E-state index in [9.17, 15) is 0 Å². The van der Waals surface area contributed by atoms with E-state index in [1.165, 1.54) is 0 Å². The van der Waals surface area contributed by atoms with Gasteiger partial charge < -0.3 is 9.52 Å². The predicted octanol–water partition coefficient (Wildman–Crippen LogP) is 2.09. The van der Waals surface area contributed by atoms with Gasteiger partial charge in [0.15, 0.2) is 5.76 Å². The molecular weight excluding hydrogens is 176 g/mol. The number of aliphatic hydroxyl groups excluding tert-OH is 1. The molecule has 2 heteroatoms. The fraction of sp³-hybridized carbons (Fsp3) is 0.167. The molecule has 2 nitrogen and oxygen atoms in total. The quantitative estimate of drug-likeness (QED) is 0.639. The van der Waals surface area contributed by atoms with E-state index in [1.807, 2.05) is 31.2 Å². The lowest BCUT2D eigenvalue weighted by atomic mass is 10.2. The number of rotatable bonds is 0. The zero-order valence-corrected chi connectivity index (χ0v) is 7.87. The van der Waals surface area contributed by atoms with Crippen molar-refractivity contribution < 1.29 is 9.52 Å². The molecule has 0 bridgehead atoms. The lowest BCUT2D eigenvalue weighted by Crippen LogP contribution is -1.71. The third-order valence-electron chi connectivity index (χ3n) is 2.03. The van der Waals surface area contributed by atoms with Crippen LogP contribution in [0.3, 0.4) is 0 Å². The highest BCUT2D eigenvalue weighted by Gasteiger charge is 2.02. The molecule has 70 valence electrons. The van der Waals surface area contributed by atoms with Gasteiger partial charge in [-0.1, -0.05) is 24.1 Å². The molecule has 0 fully saturated rings. The average Bonchev–Trinajstić information content (AvgIpc) is 2.59. The number of benzene rings is 1. The van der Waals surface area contributed by atoms with Gasteiger partial charge in [-0.25, -0.2) is 0 Å². The first kappa shape index (κ1) is 8.86. The molecule has 0 aliphatic carbocycles. The van der Waals surface area contributed by atoms with E-state index in [-0.39, 0.29) is 6.61 Å². The van der Waals surface area contributed by atoms with Crippen LogP contribution in [0, 0.1) is 18.8 Å². The van der Waals surface area contributed by atoms with Gasteiger partial charge in [0.05, 0.1) is 0 Å². The van der Waals surface area contributed by atoms with E-state index in [2.05, 4.69) is 11.8 Å². The molecule has 1 N–H and O–H groups in total. The van der Waals surface area contributed by atoms with Crippen molar-refractivity contribution in [3.63, 3.8) is 0 Å². The summed E-state index contributed by atoms with van der Waals surface area (Å²) in [6, 6.07) is 7.84. The van der Waals surface area contributed by atoms with Gasteiger partial charge >= 0.3 is 0 Å². The summed E-state index contributed by atoms with van der Waals surface area (Å²) >= 11 is 0. The molecule has 0 unspecified atom stereocenters. The fourth-order valence-electron chi connectivity index (χ4n) is 1.40. The number of aryl methyl sites for hydroxylation is 1. The minimum Gasteiger partial charge on any atom is -0.447 e. The third-order valence-corrected chi connectivity index (χ3v) is 2.03. The van der Waals surface area contributed by atoms with E-state index in [0.29, 0.717) is 5.76 Å². The topological polar surface area (TPSA) is 33.4 Å². The average molecular weight is 186 g/mol. The van der Waals surface area contributed by atoms with Crippen LogP contribution in [0.1, 0.15) is 11.3 Å². The summed E-state index contributed by atoms with van der Waals surface area (Å²) in [5, 5.41) is 9.59. The van der Waals surface area contributed by atoms with Gasteiger partial charge in [0.25, 0.3) is 0 Å². The normalized spacial score (nSPS) is 9.86. The van der Waals surface area contributed by atoms with Crippen LogP contribution in [0.5, 0.6) is 0 Å².